The van der Waals surface area contributed by atoms with Crippen LogP contribution in [0.15, 0.2) is 61.4 Å². The average molecular weight is 337 g/mol. The van der Waals surface area contributed by atoms with Gasteiger partial charge in [-0.3, -0.25) is 19.9 Å². The number of amidine groups is 2. The van der Waals surface area contributed by atoms with Crippen LogP contribution in [-0.2, 0) is 4.79 Å². The Hall–Kier alpha value is -2.93. The number of benzene rings is 1. The number of carbonyl (C=O) groups excluding carboxylic acids is 1. The molecule has 24 heavy (non-hydrogen) atoms. The van der Waals surface area contributed by atoms with Crippen molar-refractivity contribution in [2.24, 2.45) is 4.99 Å². The molecule has 1 aromatic heterocycles. The molecule has 0 unspecified atom stereocenters. The summed E-state index contributed by atoms with van der Waals surface area (Å²) in [6.07, 6.45) is 4.42. The third-order valence-corrected chi connectivity index (χ3v) is 4.60. The molecule has 118 valence electrons. The van der Waals surface area contributed by atoms with Crippen molar-refractivity contribution in [3.8, 4) is 0 Å². The fraction of sp³-hybridized carbons (Fsp3) is 0.0588. The van der Waals surface area contributed by atoms with Crippen molar-refractivity contribution < 1.29 is 9.21 Å². The summed E-state index contributed by atoms with van der Waals surface area (Å²) < 4.78 is 5.45. The number of fused-ring (bicyclic) bond motifs is 2. The summed E-state index contributed by atoms with van der Waals surface area (Å²) in [5, 5.41) is 9.13. The minimum atomic E-state index is -0.533. The number of nitrogens with zero attached hydrogens (tertiary/aromatic N) is 2. The van der Waals surface area contributed by atoms with Gasteiger partial charge in [0.15, 0.2) is 10.6 Å². The van der Waals surface area contributed by atoms with Gasteiger partial charge >= 0.3 is 0 Å². The lowest BCUT2D eigenvalue weighted by Gasteiger charge is -2.22. The maximum absolute atomic E-state index is 12.5. The van der Waals surface area contributed by atoms with E-state index in [1.54, 1.807) is 30.5 Å². The highest BCUT2D eigenvalue weighted by molar-refractivity contribution is 8.17. The van der Waals surface area contributed by atoms with Gasteiger partial charge in [0.05, 0.1) is 16.5 Å². The van der Waals surface area contributed by atoms with Crippen LogP contribution in [0.3, 0.4) is 0 Å². The molecule has 0 saturated carbocycles. The molecular formula is C17H11N3O3S. The Kier molecular flexibility index (Phi) is 3.24. The van der Waals surface area contributed by atoms with Gasteiger partial charge in [0, 0.05) is 11.1 Å². The maximum atomic E-state index is 12.5. The van der Waals surface area contributed by atoms with Crippen LogP contribution in [0.2, 0.25) is 0 Å². The predicted octanol–water partition coefficient (Wildman–Crippen LogP) is 2.96. The van der Waals surface area contributed by atoms with Crippen LogP contribution in [0.25, 0.3) is 17.0 Å². The topological polar surface area (TPSA) is 86.7 Å². The Morgan fingerprint density at radius 2 is 2.08 bits per heavy atom. The Morgan fingerprint density at radius 1 is 1.29 bits per heavy atom. The molecule has 7 heteroatoms. The summed E-state index contributed by atoms with van der Waals surface area (Å²) in [5.41, 5.74) is 0.507. The van der Waals surface area contributed by atoms with Gasteiger partial charge in [-0.05, 0) is 25.1 Å². The van der Waals surface area contributed by atoms with E-state index in [0.717, 1.165) is 4.91 Å². The molecule has 0 atom stereocenters. The molecule has 0 saturated heterocycles. The summed E-state index contributed by atoms with van der Waals surface area (Å²) in [7, 11) is 0. The summed E-state index contributed by atoms with van der Waals surface area (Å²) >= 11 is 1.34. The number of amides is 1. The van der Waals surface area contributed by atoms with Gasteiger partial charge in [-0.1, -0.05) is 23.9 Å². The second-order valence-electron chi connectivity index (χ2n) is 5.33. The van der Waals surface area contributed by atoms with E-state index in [4.69, 9.17) is 9.83 Å². The third kappa shape index (κ3) is 2.21. The number of hydrogen-bond donors (Lipinski definition) is 1. The predicted molar refractivity (Wildman–Crippen MR) is 93.8 cm³/mol. The smallest absolute Gasteiger partial charge is 0.283 e. The molecule has 0 aliphatic carbocycles. The van der Waals surface area contributed by atoms with Gasteiger partial charge in [-0.25, -0.2) is 0 Å². The van der Waals surface area contributed by atoms with E-state index in [1.807, 2.05) is 6.92 Å². The molecule has 3 heterocycles. The summed E-state index contributed by atoms with van der Waals surface area (Å²) in [4.78, 5) is 31.3. The van der Waals surface area contributed by atoms with Crippen LogP contribution >= 0.6 is 11.8 Å². The lowest BCUT2D eigenvalue weighted by Crippen LogP contribution is -2.35. The largest absolute Gasteiger partial charge is 0.463 e. The molecule has 0 radical (unpaired) electrons. The molecule has 1 aromatic carbocycles. The molecule has 0 spiro atoms. The number of allylic oxidation sites excluding steroid dienone is 1. The van der Waals surface area contributed by atoms with Crippen molar-refractivity contribution in [2.45, 2.75) is 6.92 Å². The Balaban J connectivity index is 1.84. The average Bonchev–Trinajstić information content (AvgIpc) is 2.94. The molecule has 4 rings (SSSR count). The van der Waals surface area contributed by atoms with Crippen molar-refractivity contribution in [1.29, 1.82) is 5.41 Å². The summed E-state index contributed by atoms with van der Waals surface area (Å²) in [5.74, 6) is -0.531. The van der Waals surface area contributed by atoms with Crippen molar-refractivity contribution in [1.82, 2.24) is 4.90 Å². The van der Waals surface area contributed by atoms with Crippen LogP contribution in [0, 0.1) is 5.41 Å². The van der Waals surface area contributed by atoms with Gasteiger partial charge in [0.2, 0.25) is 0 Å². The number of carbonyl (C=O) groups is 1. The monoisotopic (exact) mass is 337 g/mol. The highest BCUT2D eigenvalue weighted by atomic mass is 32.2. The molecule has 2 aliphatic rings. The molecule has 0 fully saturated rings. The van der Waals surface area contributed by atoms with E-state index < -0.39 is 5.91 Å². The Labute approximate surface area is 140 Å². The Morgan fingerprint density at radius 3 is 2.92 bits per heavy atom. The van der Waals surface area contributed by atoms with Crippen molar-refractivity contribution in [3.05, 3.63) is 63.0 Å². The number of para-hydroxylation sites is 1. The number of aliphatic imine (C=N–C) groups is 1. The van der Waals surface area contributed by atoms with E-state index in [9.17, 15) is 9.59 Å². The lowest BCUT2D eigenvalue weighted by atomic mass is 10.1. The first-order valence-corrected chi connectivity index (χ1v) is 7.96. The second-order valence-corrected chi connectivity index (χ2v) is 6.55. The first-order chi connectivity index (χ1) is 11.5. The van der Waals surface area contributed by atoms with E-state index in [2.05, 4.69) is 4.99 Å². The van der Waals surface area contributed by atoms with Crippen molar-refractivity contribution >= 4 is 45.7 Å². The lowest BCUT2D eigenvalue weighted by molar-refractivity contribution is -0.114. The normalized spacial score (nSPS) is 18.9. The SMILES string of the molecule is CC1=CN2C(=N)/C(=C/c3coc4ccccc4c3=O)C(=O)N=C2S1. The zero-order valence-corrected chi connectivity index (χ0v) is 13.4. The molecule has 6 nitrogen and oxygen atoms in total. The second kappa shape index (κ2) is 5.31. The van der Waals surface area contributed by atoms with Crippen LogP contribution in [0.5, 0.6) is 0 Å². The van der Waals surface area contributed by atoms with E-state index >= 15 is 0 Å². The van der Waals surface area contributed by atoms with E-state index in [0.29, 0.717) is 16.1 Å². The third-order valence-electron chi connectivity index (χ3n) is 3.70. The van der Waals surface area contributed by atoms with Crippen LogP contribution < -0.4 is 5.43 Å². The van der Waals surface area contributed by atoms with Gasteiger partial charge in [0.25, 0.3) is 5.91 Å². The summed E-state index contributed by atoms with van der Waals surface area (Å²) in [6, 6.07) is 6.89. The first-order valence-electron chi connectivity index (χ1n) is 7.14. The van der Waals surface area contributed by atoms with Gasteiger partial charge in [-0.15, -0.1) is 0 Å². The fourth-order valence-corrected chi connectivity index (χ4v) is 3.37. The van der Waals surface area contributed by atoms with Gasteiger partial charge in [-0.2, -0.15) is 4.99 Å². The van der Waals surface area contributed by atoms with Crippen molar-refractivity contribution in [3.63, 3.8) is 0 Å². The van der Waals surface area contributed by atoms with E-state index in [-0.39, 0.29) is 22.4 Å². The molecule has 0 bridgehead atoms. The van der Waals surface area contributed by atoms with Gasteiger partial charge in [0.1, 0.15) is 17.7 Å². The Bertz CT molecular complexity index is 1060. The van der Waals surface area contributed by atoms with Crippen LogP contribution in [0.1, 0.15) is 12.5 Å². The number of hydrogen-bond acceptors (Lipinski definition) is 5. The highest BCUT2D eigenvalue weighted by Crippen LogP contribution is 2.32. The number of nitrogens with one attached hydrogen (secondary N) is 1. The fourth-order valence-electron chi connectivity index (χ4n) is 2.55. The number of rotatable bonds is 1. The van der Waals surface area contributed by atoms with Crippen LogP contribution in [-0.4, -0.2) is 21.8 Å². The van der Waals surface area contributed by atoms with Crippen molar-refractivity contribution in [2.75, 3.05) is 0 Å². The molecule has 2 aliphatic heterocycles. The minimum Gasteiger partial charge on any atom is -0.463 e. The quantitative estimate of drug-likeness (QED) is 0.809. The standard InChI is InChI=1S/C17H11N3O3S/c1-9-7-20-15(18)12(16(22)19-17(20)24-9)6-10-8-23-13-5-3-2-4-11(13)14(10)21/h2-8,18H,1H3/b12-6-,18-15?. The number of thioether (sulfide) groups is 1. The van der Waals surface area contributed by atoms with Gasteiger partial charge < -0.3 is 4.42 Å². The van der Waals surface area contributed by atoms with E-state index in [1.165, 1.54) is 29.0 Å². The minimum absolute atomic E-state index is 0.00177. The zero-order chi connectivity index (χ0) is 16.8. The highest BCUT2D eigenvalue weighted by Gasteiger charge is 2.33. The molecular weight excluding hydrogens is 326 g/mol. The maximum Gasteiger partial charge on any atom is 0.283 e. The first kappa shape index (κ1) is 14.6. The summed E-state index contributed by atoms with van der Waals surface area (Å²) in [6.45, 7) is 1.88. The zero-order valence-electron chi connectivity index (χ0n) is 12.6. The molecule has 1 N–H and O–H groups in total. The molecule has 1 amide bonds. The molecule has 2 aromatic rings. The van der Waals surface area contributed by atoms with Crippen LogP contribution in [0.4, 0.5) is 0 Å².